The summed E-state index contributed by atoms with van der Waals surface area (Å²) in [5.74, 6) is -0.532. The van der Waals surface area contributed by atoms with Crippen molar-refractivity contribution >= 4 is 43.9 Å². The summed E-state index contributed by atoms with van der Waals surface area (Å²) in [6, 6.07) is 12.8. The van der Waals surface area contributed by atoms with E-state index in [4.69, 9.17) is 0 Å². The average molecular weight is 416 g/mol. The van der Waals surface area contributed by atoms with Crippen molar-refractivity contribution in [1.29, 1.82) is 0 Å². The van der Waals surface area contributed by atoms with Crippen molar-refractivity contribution in [2.75, 3.05) is 18.4 Å². The minimum Gasteiger partial charge on any atom is -0.325 e. The summed E-state index contributed by atoms with van der Waals surface area (Å²) in [4.78, 5) is 18.1. The Labute approximate surface area is 168 Å². The number of amides is 1. The van der Waals surface area contributed by atoms with Gasteiger partial charge in [-0.2, -0.15) is 4.31 Å². The molecule has 0 aliphatic carbocycles. The van der Waals surface area contributed by atoms with E-state index in [1.165, 1.54) is 15.6 Å². The van der Waals surface area contributed by atoms with Crippen LogP contribution >= 0.6 is 11.3 Å². The number of fused-ring (bicyclic) bond motifs is 1. The summed E-state index contributed by atoms with van der Waals surface area (Å²) in [6.45, 7) is 2.53. The van der Waals surface area contributed by atoms with Crippen LogP contribution in [0, 0.1) is 12.8 Å². The lowest BCUT2D eigenvalue weighted by molar-refractivity contribution is -0.120. The summed E-state index contributed by atoms with van der Waals surface area (Å²) in [5.41, 5.74) is 1.51. The molecule has 4 rings (SSSR count). The zero-order valence-corrected chi connectivity index (χ0v) is 17.1. The monoisotopic (exact) mass is 415 g/mol. The molecule has 1 amide bonds. The van der Waals surface area contributed by atoms with Crippen molar-refractivity contribution in [1.82, 2.24) is 9.29 Å². The summed E-state index contributed by atoms with van der Waals surface area (Å²) in [6.07, 6.45) is 3.05. The normalized spacial score (nSPS) is 18.2. The summed E-state index contributed by atoms with van der Waals surface area (Å²) < 4.78 is 27.6. The predicted octanol–water partition coefficient (Wildman–Crippen LogP) is 3.64. The van der Waals surface area contributed by atoms with Crippen LogP contribution in [0.15, 0.2) is 52.9 Å². The van der Waals surface area contributed by atoms with Gasteiger partial charge in [0.05, 0.1) is 17.1 Å². The second-order valence-electron chi connectivity index (χ2n) is 6.93. The standard InChI is InChI=1S/C20H21N3O3S2/c1-14-9-10-19(27-14)28(25,26)23-12-4-5-15(13-23)20(24)22-18-8-2-7-17-16(18)6-3-11-21-17/h2-3,6-11,15H,4-5,12-13H2,1H3,(H,22,24)/t15-/m0/s1. The molecule has 1 fully saturated rings. The molecule has 1 aromatic carbocycles. The van der Waals surface area contributed by atoms with Gasteiger partial charge in [-0.1, -0.05) is 6.07 Å². The molecule has 0 radical (unpaired) electrons. The first-order valence-corrected chi connectivity index (χ1v) is 11.4. The van der Waals surface area contributed by atoms with E-state index in [1.54, 1.807) is 18.3 Å². The fourth-order valence-corrected chi connectivity index (χ4v) is 6.46. The Hall–Kier alpha value is -2.29. The van der Waals surface area contributed by atoms with E-state index in [0.717, 1.165) is 15.8 Å². The van der Waals surface area contributed by atoms with Crippen molar-refractivity contribution in [3.05, 3.63) is 53.5 Å². The molecule has 28 heavy (non-hydrogen) atoms. The first kappa shape index (κ1) is 19.0. The lowest BCUT2D eigenvalue weighted by Gasteiger charge is -2.30. The summed E-state index contributed by atoms with van der Waals surface area (Å²) in [7, 11) is -3.55. The molecule has 0 saturated carbocycles. The van der Waals surface area contributed by atoms with Crippen molar-refractivity contribution < 1.29 is 13.2 Å². The molecule has 6 nitrogen and oxygen atoms in total. The van der Waals surface area contributed by atoms with Gasteiger partial charge in [0.1, 0.15) is 4.21 Å². The molecule has 146 valence electrons. The van der Waals surface area contributed by atoms with Gasteiger partial charge in [0.15, 0.2) is 0 Å². The van der Waals surface area contributed by atoms with Crippen LogP contribution in [-0.2, 0) is 14.8 Å². The number of benzene rings is 1. The number of nitrogens with one attached hydrogen (secondary N) is 1. The first-order valence-electron chi connectivity index (χ1n) is 9.16. The fraction of sp³-hybridized carbons (Fsp3) is 0.300. The molecule has 1 aliphatic rings. The number of thiophene rings is 1. The smallest absolute Gasteiger partial charge is 0.252 e. The molecule has 3 heterocycles. The maximum Gasteiger partial charge on any atom is 0.252 e. The minimum absolute atomic E-state index is 0.154. The van der Waals surface area contributed by atoms with E-state index in [-0.39, 0.29) is 18.4 Å². The van der Waals surface area contributed by atoms with Crippen molar-refractivity contribution in [3.63, 3.8) is 0 Å². The van der Waals surface area contributed by atoms with E-state index >= 15 is 0 Å². The second-order valence-corrected chi connectivity index (χ2v) is 10.4. The van der Waals surface area contributed by atoms with Gasteiger partial charge in [0, 0.05) is 29.5 Å². The van der Waals surface area contributed by atoms with Crippen LogP contribution in [0.4, 0.5) is 5.69 Å². The Morgan fingerprint density at radius 2 is 2.07 bits per heavy atom. The topological polar surface area (TPSA) is 79.4 Å². The lowest BCUT2D eigenvalue weighted by atomic mass is 9.98. The highest BCUT2D eigenvalue weighted by atomic mass is 32.2. The Morgan fingerprint density at radius 3 is 2.86 bits per heavy atom. The quantitative estimate of drug-likeness (QED) is 0.705. The zero-order valence-electron chi connectivity index (χ0n) is 15.5. The van der Waals surface area contributed by atoms with Crippen LogP contribution in [0.25, 0.3) is 10.9 Å². The molecule has 3 aromatic rings. The number of rotatable bonds is 4. The largest absolute Gasteiger partial charge is 0.325 e. The van der Waals surface area contributed by atoms with E-state index < -0.39 is 10.0 Å². The number of anilines is 1. The third-order valence-electron chi connectivity index (χ3n) is 4.97. The van der Waals surface area contributed by atoms with Crippen LogP contribution in [0.5, 0.6) is 0 Å². The van der Waals surface area contributed by atoms with E-state index in [0.29, 0.717) is 29.3 Å². The molecule has 8 heteroatoms. The Bertz CT molecular complexity index is 1120. The van der Waals surface area contributed by atoms with Gasteiger partial charge in [0.25, 0.3) is 10.0 Å². The van der Waals surface area contributed by atoms with Gasteiger partial charge in [-0.15, -0.1) is 11.3 Å². The number of carbonyl (C=O) groups excluding carboxylic acids is 1. The van der Waals surface area contributed by atoms with E-state index in [2.05, 4.69) is 10.3 Å². The number of hydrogen-bond donors (Lipinski definition) is 1. The van der Waals surface area contributed by atoms with Gasteiger partial charge in [-0.3, -0.25) is 9.78 Å². The third kappa shape index (κ3) is 3.67. The maximum absolute atomic E-state index is 12.9. The first-order chi connectivity index (χ1) is 13.4. The Morgan fingerprint density at radius 1 is 1.21 bits per heavy atom. The molecule has 1 atom stereocenters. The Kier molecular flexibility index (Phi) is 5.18. The van der Waals surface area contributed by atoms with Crippen LogP contribution < -0.4 is 5.32 Å². The van der Waals surface area contributed by atoms with Crippen LogP contribution in [0.1, 0.15) is 17.7 Å². The average Bonchev–Trinajstić information content (AvgIpc) is 3.15. The second kappa shape index (κ2) is 7.62. The molecule has 1 aliphatic heterocycles. The van der Waals surface area contributed by atoms with Crippen LogP contribution in [-0.4, -0.2) is 36.7 Å². The number of aromatic nitrogens is 1. The number of hydrogen-bond acceptors (Lipinski definition) is 5. The molecule has 1 N–H and O–H groups in total. The number of pyridine rings is 1. The van der Waals surface area contributed by atoms with Crippen molar-refractivity contribution in [2.45, 2.75) is 24.0 Å². The summed E-state index contributed by atoms with van der Waals surface area (Å²) >= 11 is 1.26. The predicted molar refractivity (Wildman–Crippen MR) is 111 cm³/mol. The minimum atomic E-state index is -3.55. The molecular weight excluding hydrogens is 394 g/mol. The highest BCUT2D eigenvalue weighted by molar-refractivity contribution is 7.91. The van der Waals surface area contributed by atoms with Gasteiger partial charge in [0.2, 0.25) is 5.91 Å². The number of aryl methyl sites for hydroxylation is 1. The zero-order chi connectivity index (χ0) is 19.7. The summed E-state index contributed by atoms with van der Waals surface area (Å²) in [5, 5.41) is 3.84. The lowest BCUT2D eigenvalue weighted by Crippen LogP contribution is -2.43. The molecule has 2 aromatic heterocycles. The van der Waals surface area contributed by atoms with Crippen LogP contribution in [0.2, 0.25) is 0 Å². The van der Waals surface area contributed by atoms with E-state index in [1.807, 2.05) is 37.3 Å². The van der Waals surface area contributed by atoms with Gasteiger partial charge < -0.3 is 5.32 Å². The molecule has 0 spiro atoms. The fourth-order valence-electron chi connectivity index (χ4n) is 3.50. The van der Waals surface area contributed by atoms with Gasteiger partial charge in [-0.05, 0) is 56.2 Å². The van der Waals surface area contributed by atoms with Gasteiger partial charge >= 0.3 is 0 Å². The van der Waals surface area contributed by atoms with Gasteiger partial charge in [-0.25, -0.2) is 8.42 Å². The number of nitrogens with zero attached hydrogens (tertiary/aromatic N) is 2. The molecule has 0 unspecified atom stereocenters. The highest BCUT2D eigenvalue weighted by Crippen LogP contribution is 2.29. The highest BCUT2D eigenvalue weighted by Gasteiger charge is 2.34. The van der Waals surface area contributed by atoms with Crippen LogP contribution in [0.3, 0.4) is 0 Å². The number of carbonyl (C=O) groups is 1. The van der Waals surface area contributed by atoms with Crippen molar-refractivity contribution in [2.24, 2.45) is 5.92 Å². The molecule has 0 bridgehead atoms. The SMILES string of the molecule is Cc1ccc(S(=O)(=O)N2CCC[C@H](C(=O)Nc3cccc4ncccc34)C2)s1. The molecular formula is C20H21N3O3S2. The number of sulfonamides is 1. The van der Waals surface area contributed by atoms with Crippen molar-refractivity contribution in [3.8, 4) is 0 Å². The Balaban J connectivity index is 1.52. The maximum atomic E-state index is 12.9. The number of piperidine rings is 1. The van der Waals surface area contributed by atoms with E-state index in [9.17, 15) is 13.2 Å². The molecule has 1 saturated heterocycles. The third-order valence-corrected chi connectivity index (χ3v) is 8.30.